The normalized spacial score (nSPS) is 10.6. The molecule has 0 unspecified atom stereocenters. The van der Waals surface area contributed by atoms with E-state index in [4.69, 9.17) is 4.74 Å². The molecule has 122 valence electrons. The van der Waals surface area contributed by atoms with Gasteiger partial charge in [0, 0.05) is 21.7 Å². The smallest absolute Gasteiger partial charge is 0.341 e. The van der Waals surface area contributed by atoms with Crippen LogP contribution in [0.4, 0.5) is 11.4 Å². The second kappa shape index (κ2) is 7.01. The van der Waals surface area contributed by atoms with Crippen LogP contribution >= 0.6 is 15.9 Å². The van der Waals surface area contributed by atoms with Crippen LogP contribution in [0.1, 0.15) is 22.8 Å². The lowest BCUT2D eigenvalue weighted by Crippen LogP contribution is -2.09. The van der Waals surface area contributed by atoms with E-state index < -0.39 is 0 Å². The van der Waals surface area contributed by atoms with Crippen LogP contribution in [0.2, 0.25) is 0 Å². The highest BCUT2D eigenvalue weighted by Gasteiger charge is 2.17. The lowest BCUT2D eigenvalue weighted by atomic mass is 10.1. The summed E-state index contributed by atoms with van der Waals surface area (Å²) in [6.07, 6.45) is 1.56. The molecule has 0 saturated carbocycles. The van der Waals surface area contributed by atoms with Gasteiger partial charge in [-0.25, -0.2) is 4.79 Å². The van der Waals surface area contributed by atoms with Gasteiger partial charge in [-0.15, -0.1) is 0 Å². The van der Waals surface area contributed by atoms with E-state index in [2.05, 4.69) is 26.2 Å². The summed E-state index contributed by atoms with van der Waals surface area (Å²) in [4.78, 5) is 16.7. The van der Waals surface area contributed by atoms with Crippen LogP contribution in [0.15, 0.2) is 53.1 Å². The molecule has 0 amide bonds. The molecular weight excluding hydrogens is 368 g/mol. The first kappa shape index (κ1) is 16.5. The summed E-state index contributed by atoms with van der Waals surface area (Å²) < 4.78 is 6.10. The van der Waals surface area contributed by atoms with Crippen molar-refractivity contribution in [2.24, 2.45) is 0 Å². The molecule has 1 heterocycles. The molecule has 0 spiro atoms. The predicted octanol–water partition coefficient (Wildman–Crippen LogP) is 5.23. The second-order valence-electron chi connectivity index (χ2n) is 5.42. The molecule has 0 aliphatic carbocycles. The summed E-state index contributed by atoms with van der Waals surface area (Å²) in [5, 5.41) is 4.22. The van der Waals surface area contributed by atoms with Crippen molar-refractivity contribution in [1.82, 2.24) is 4.98 Å². The maximum Gasteiger partial charge on any atom is 0.341 e. The minimum Gasteiger partial charge on any atom is -0.462 e. The van der Waals surface area contributed by atoms with Gasteiger partial charge in [0.2, 0.25) is 0 Å². The summed E-state index contributed by atoms with van der Waals surface area (Å²) in [5.41, 5.74) is 3.97. The number of hydrogen-bond acceptors (Lipinski definition) is 4. The van der Waals surface area contributed by atoms with E-state index in [9.17, 15) is 4.79 Å². The zero-order valence-corrected chi connectivity index (χ0v) is 15.1. The highest BCUT2D eigenvalue weighted by Crippen LogP contribution is 2.31. The molecule has 0 saturated heterocycles. The van der Waals surface area contributed by atoms with Crippen molar-refractivity contribution < 1.29 is 9.53 Å². The average Bonchev–Trinajstić information content (AvgIpc) is 2.55. The summed E-state index contributed by atoms with van der Waals surface area (Å²) in [7, 11) is 0. The Morgan fingerprint density at radius 2 is 2.08 bits per heavy atom. The Morgan fingerprint density at radius 1 is 1.25 bits per heavy atom. The minimum atomic E-state index is -0.387. The summed E-state index contributed by atoms with van der Waals surface area (Å²) >= 11 is 3.48. The molecule has 0 bridgehead atoms. The van der Waals surface area contributed by atoms with Crippen LogP contribution in [0.25, 0.3) is 10.9 Å². The molecule has 4 nitrogen and oxygen atoms in total. The topological polar surface area (TPSA) is 51.2 Å². The van der Waals surface area contributed by atoms with Crippen LogP contribution in [-0.2, 0) is 4.74 Å². The van der Waals surface area contributed by atoms with Gasteiger partial charge in [0.05, 0.1) is 17.8 Å². The molecular formula is C19H17BrN2O2. The van der Waals surface area contributed by atoms with Gasteiger partial charge in [0.1, 0.15) is 5.56 Å². The van der Waals surface area contributed by atoms with Crippen molar-refractivity contribution in [3.05, 3.63) is 64.3 Å². The standard InChI is InChI=1S/C19H17BrN2O2/c1-3-24-19(23)16-11-21-17-8-7-13(20)10-15(17)18(16)22-14-6-4-5-12(2)9-14/h4-11H,3H2,1-2H3,(H,21,22). The lowest BCUT2D eigenvalue weighted by molar-refractivity contribution is 0.0527. The number of halogens is 1. The number of hydrogen-bond donors (Lipinski definition) is 1. The first-order valence-corrected chi connectivity index (χ1v) is 8.47. The number of esters is 1. The number of rotatable bonds is 4. The minimum absolute atomic E-state index is 0.319. The number of aromatic nitrogens is 1. The zero-order valence-electron chi connectivity index (χ0n) is 13.5. The number of carbonyl (C=O) groups is 1. The third-order valence-electron chi connectivity index (χ3n) is 3.61. The van der Waals surface area contributed by atoms with Crippen LogP contribution in [0, 0.1) is 6.92 Å². The lowest BCUT2D eigenvalue weighted by Gasteiger charge is -2.14. The van der Waals surface area contributed by atoms with Gasteiger partial charge in [0.15, 0.2) is 0 Å². The van der Waals surface area contributed by atoms with Crippen LogP contribution in [-0.4, -0.2) is 17.6 Å². The number of benzene rings is 2. The molecule has 3 aromatic rings. The molecule has 3 rings (SSSR count). The number of nitrogens with zero attached hydrogens (tertiary/aromatic N) is 1. The molecule has 0 atom stereocenters. The third kappa shape index (κ3) is 3.41. The molecule has 0 aliphatic rings. The van der Waals surface area contributed by atoms with Crippen molar-refractivity contribution in [3.8, 4) is 0 Å². The summed E-state index contributed by atoms with van der Waals surface area (Å²) in [5.74, 6) is -0.387. The van der Waals surface area contributed by atoms with Crippen molar-refractivity contribution in [1.29, 1.82) is 0 Å². The van der Waals surface area contributed by atoms with Gasteiger partial charge in [-0.2, -0.15) is 0 Å². The largest absolute Gasteiger partial charge is 0.462 e. The van der Waals surface area contributed by atoms with Gasteiger partial charge >= 0.3 is 5.97 Å². The SMILES string of the molecule is CCOC(=O)c1cnc2ccc(Br)cc2c1Nc1cccc(C)c1. The fourth-order valence-electron chi connectivity index (χ4n) is 2.53. The van der Waals surface area contributed by atoms with Crippen LogP contribution in [0.3, 0.4) is 0 Å². The van der Waals surface area contributed by atoms with Crippen LogP contribution < -0.4 is 5.32 Å². The van der Waals surface area contributed by atoms with E-state index in [0.717, 1.165) is 26.6 Å². The highest BCUT2D eigenvalue weighted by molar-refractivity contribution is 9.10. The summed E-state index contributed by atoms with van der Waals surface area (Å²) in [6, 6.07) is 13.8. The van der Waals surface area contributed by atoms with Gasteiger partial charge in [-0.3, -0.25) is 4.98 Å². The van der Waals surface area contributed by atoms with E-state index in [0.29, 0.717) is 17.9 Å². The number of carbonyl (C=O) groups excluding carboxylic acids is 1. The Balaban J connectivity index is 2.18. The summed E-state index contributed by atoms with van der Waals surface area (Å²) in [6.45, 7) is 4.13. The van der Waals surface area contributed by atoms with Gasteiger partial charge in [0.25, 0.3) is 0 Å². The highest BCUT2D eigenvalue weighted by atomic mass is 79.9. The second-order valence-corrected chi connectivity index (χ2v) is 6.34. The zero-order chi connectivity index (χ0) is 17.1. The molecule has 2 aromatic carbocycles. The number of anilines is 2. The van der Waals surface area contributed by atoms with Crippen LogP contribution in [0.5, 0.6) is 0 Å². The first-order chi connectivity index (χ1) is 11.6. The quantitative estimate of drug-likeness (QED) is 0.625. The van der Waals surface area contributed by atoms with E-state index >= 15 is 0 Å². The maximum atomic E-state index is 12.3. The average molecular weight is 385 g/mol. The third-order valence-corrected chi connectivity index (χ3v) is 4.11. The van der Waals surface area contributed by atoms with E-state index in [1.165, 1.54) is 0 Å². The predicted molar refractivity (Wildman–Crippen MR) is 99.9 cm³/mol. The molecule has 24 heavy (non-hydrogen) atoms. The van der Waals surface area contributed by atoms with E-state index in [-0.39, 0.29) is 5.97 Å². The number of pyridine rings is 1. The van der Waals surface area contributed by atoms with E-state index in [1.807, 2.05) is 49.4 Å². The van der Waals surface area contributed by atoms with Crippen molar-refractivity contribution in [3.63, 3.8) is 0 Å². The van der Waals surface area contributed by atoms with Crippen molar-refractivity contribution >= 4 is 44.2 Å². The fourth-order valence-corrected chi connectivity index (χ4v) is 2.89. The molecule has 0 fully saturated rings. The number of nitrogens with one attached hydrogen (secondary N) is 1. The Kier molecular flexibility index (Phi) is 4.81. The Labute approximate surface area is 149 Å². The Bertz CT molecular complexity index is 909. The number of aryl methyl sites for hydroxylation is 1. The fraction of sp³-hybridized carbons (Fsp3) is 0.158. The number of ether oxygens (including phenoxy) is 1. The molecule has 0 aliphatic heterocycles. The number of fused-ring (bicyclic) bond motifs is 1. The van der Waals surface area contributed by atoms with Gasteiger partial charge < -0.3 is 10.1 Å². The van der Waals surface area contributed by atoms with Gasteiger partial charge in [-0.05, 0) is 49.7 Å². The molecule has 1 N–H and O–H groups in total. The Morgan fingerprint density at radius 3 is 2.83 bits per heavy atom. The van der Waals surface area contributed by atoms with E-state index in [1.54, 1.807) is 13.1 Å². The molecule has 5 heteroatoms. The molecule has 1 aromatic heterocycles. The first-order valence-electron chi connectivity index (χ1n) is 7.67. The Hall–Kier alpha value is -2.40. The van der Waals surface area contributed by atoms with Gasteiger partial charge in [-0.1, -0.05) is 28.1 Å². The monoisotopic (exact) mass is 384 g/mol. The van der Waals surface area contributed by atoms with Crippen molar-refractivity contribution in [2.75, 3.05) is 11.9 Å². The van der Waals surface area contributed by atoms with Crippen molar-refractivity contribution in [2.45, 2.75) is 13.8 Å². The molecule has 0 radical (unpaired) electrons. The maximum absolute atomic E-state index is 12.3.